The van der Waals surface area contributed by atoms with E-state index < -0.39 is 6.03 Å². The molecule has 2 aromatic carbocycles. The van der Waals surface area contributed by atoms with Crippen LogP contribution in [0.3, 0.4) is 0 Å². The highest BCUT2D eigenvalue weighted by molar-refractivity contribution is 6.14. The molecule has 5 nitrogen and oxygen atoms in total. The van der Waals surface area contributed by atoms with Gasteiger partial charge >= 0.3 is 6.03 Å². The minimum Gasteiger partial charge on any atom is -0.318 e. The zero-order chi connectivity index (χ0) is 21.4. The van der Waals surface area contributed by atoms with E-state index in [0.717, 1.165) is 28.1 Å². The van der Waals surface area contributed by atoms with E-state index in [0.29, 0.717) is 5.69 Å². The van der Waals surface area contributed by atoms with Gasteiger partial charge in [0.25, 0.3) is 5.91 Å². The van der Waals surface area contributed by atoms with Crippen LogP contribution in [0.25, 0.3) is 11.8 Å². The Kier molecular flexibility index (Phi) is 4.99. The maximum atomic E-state index is 13.7. The molecule has 1 saturated heterocycles. The molecule has 0 saturated carbocycles. The molecule has 152 valence electrons. The molecular weight excluding hydrogens is 381 g/mol. The fraction of sp³-hybridized carbons (Fsp3) is 0.167. The summed E-state index contributed by atoms with van der Waals surface area (Å²) >= 11 is 0. The van der Waals surface area contributed by atoms with Crippen molar-refractivity contribution in [2.24, 2.45) is 0 Å². The smallest absolute Gasteiger partial charge is 0.318 e. The Labute approximate surface area is 174 Å². The van der Waals surface area contributed by atoms with Crippen LogP contribution < -0.4 is 5.32 Å². The fourth-order valence-electron chi connectivity index (χ4n) is 3.81. The quantitative estimate of drug-likeness (QED) is 0.510. The molecule has 0 atom stereocenters. The largest absolute Gasteiger partial charge is 0.329 e. The molecule has 30 heavy (non-hydrogen) atoms. The van der Waals surface area contributed by atoms with E-state index in [4.69, 9.17) is 0 Å². The van der Waals surface area contributed by atoms with Crippen molar-refractivity contribution in [2.75, 3.05) is 0 Å². The molecule has 4 rings (SSSR count). The zero-order valence-corrected chi connectivity index (χ0v) is 17.1. The van der Waals surface area contributed by atoms with Gasteiger partial charge in [-0.1, -0.05) is 35.9 Å². The lowest BCUT2D eigenvalue weighted by Crippen LogP contribution is -2.30. The normalized spacial score (nSPS) is 15.2. The first kappa shape index (κ1) is 19.6. The summed E-state index contributed by atoms with van der Waals surface area (Å²) in [5, 5.41) is 2.67. The third-order valence-corrected chi connectivity index (χ3v) is 5.22. The third kappa shape index (κ3) is 3.64. The molecule has 3 amide bonds. The summed E-state index contributed by atoms with van der Waals surface area (Å²) in [7, 11) is 0. The van der Waals surface area contributed by atoms with Gasteiger partial charge in [0.1, 0.15) is 11.5 Å². The first-order valence-corrected chi connectivity index (χ1v) is 9.68. The van der Waals surface area contributed by atoms with E-state index in [1.54, 1.807) is 12.1 Å². The highest BCUT2D eigenvalue weighted by atomic mass is 19.1. The van der Waals surface area contributed by atoms with Gasteiger partial charge in [0.15, 0.2) is 0 Å². The molecule has 1 N–H and O–H groups in total. The minimum atomic E-state index is -0.438. The van der Waals surface area contributed by atoms with Crippen LogP contribution in [-0.2, 0) is 11.3 Å². The van der Waals surface area contributed by atoms with Crippen molar-refractivity contribution in [1.29, 1.82) is 0 Å². The molecule has 3 aromatic rings. The van der Waals surface area contributed by atoms with Crippen LogP contribution in [-0.4, -0.2) is 21.4 Å². The minimum absolute atomic E-state index is 0.214. The van der Waals surface area contributed by atoms with E-state index in [2.05, 4.69) is 5.32 Å². The summed E-state index contributed by atoms with van der Waals surface area (Å²) in [6, 6.07) is 15.5. The fourth-order valence-corrected chi connectivity index (χ4v) is 3.81. The van der Waals surface area contributed by atoms with E-state index in [-0.39, 0.29) is 24.0 Å². The molecule has 1 aromatic heterocycles. The number of aryl methyl sites for hydroxylation is 2. The number of nitrogens with zero attached hydrogens (tertiary/aromatic N) is 2. The predicted molar refractivity (Wildman–Crippen MR) is 113 cm³/mol. The van der Waals surface area contributed by atoms with Crippen molar-refractivity contribution >= 4 is 18.0 Å². The van der Waals surface area contributed by atoms with Gasteiger partial charge in [-0.05, 0) is 62.2 Å². The second-order valence-electron chi connectivity index (χ2n) is 7.51. The molecule has 0 spiro atoms. The number of nitrogens with one attached hydrogen (secondary N) is 1. The van der Waals surface area contributed by atoms with Crippen molar-refractivity contribution in [2.45, 2.75) is 27.3 Å². The van der Waals surface area contributed by atoms with Crippen molar-refractivity contribution < 1.29 is 14.0 Å². The standard InChI is InChI=1S/C24H22FN3O2/c1-15-6-4-7-18(10-15)14-27-23(29)22(26-24(27)30)12-19-11-16(2)28(17(19)3)21-9-5-8-20(25)13-21/h4-13H,14H2,1-3H3,(H,26,30)/b22-12+. The number of carbonyl (C=O) groups is 2. The van der Waals surface area contributed by atoms with Crippen molar-refractivity contribution in [3.63, 3.8) is 0 Å². The molecule has 1 fully saturated rings. The number of rotatable bonds is 4. The SMILES string of the molecule is Cc1cccc(CN2C(=O)N/C(=C/c3cc(C)n(-c4cccc(F)c4)c3C)C2=O)c1. The Bertz CT molecular complexity index is 1190. The average Bonchev–Trinajstić information content (AvgIpc) is 3.11. The number of benzene rings is 2. The number of imide groups is 1. The summed E-state index contributed by atoms with van der Waals surface area (Å²) in [6.45, 7) is 6.00. The van der Waals surface area contributed by atoms with Gasteiger partial charge in [-0.3, -0.25) is 9.69 Å². The van der Waals surface area contributed by atoms with Gasteiger partial charge < -0.3 is 9.88 Å². The van der Waals surface area contributed by atoms with Gasteiger partial charge in [0, 0.05) is 17.1 Å². The first-order valence-electron chi connectivity index (χ1n) is 9.68. The van der Waals surface area contributed by atoms with Gasteiger partial charge in [-0.25, -0.2) is 9.18 Å². The molecule has 1 aliphatic heterocycles. The van der Waals surface area contributed by atoms with E-state index >= 15 is 0 Å². The second kappa shape index (κ2) is 7.63. The van der Waals surface area contributed by atoms with Crippen LogP contribution in [0.5, 0.6) is 0 Å². The molecule has 0 radical (unpaired) electrons. The van der Waals surface area contributed by atoms with Crippen molar-refractivity contribution in [3.8, 4) is 5.69 Å². The lowest BCUT2D eigenvalue weighted by molar-refractivity contribution is -0.123. The van der Waals surface area contributed by atoms with Gasteiger partial charge in [-0.2, -0.15) is 0 Å². The van der Waals surface area contributed by atoms with Crippen LogP contribution in [0.15, 0.2) is 60.3 Å². The number of aromatic nitrogens is 1. The molecule has 0 unspecified atom stereocenters. The van der Waals surface area contributed by atoms with E-state index in [1.165, 1.54) is 17.0 Å². The van der Waals surface area contributed by atoms with Crippen LogP contribution in [0.1, 0.15) is 28.1 Å². The van der Waals surface area contributed by atoms with Crippen LogP contribution in [0.2, 0.25) is 0 Å². The van der Waals surface area contributed by atoms with Crippen molar-refractivity contribution in [3.05, 3.63) is 94.2 Å². The molecule has 6 heteroatoms. The highest BCUT2D eigenvalue weighted by Crippen LogP contribution is 2.25. The maximum absolute atomic E-state index is 13.7. The Balaban J connectivity index is 1.63. The van der Waals surface area contributed by atoms with Crippen LogP contribution in [0, 0.1) is 26.6 Å². The second-order valence-corrected chi connectivity index (χ2v) is 7.51. The number of halogens is 1. The Morgan fingerprint density at radius 3 is 2.50 bits per heavy atom. The van der Waals surface area contributed by atoms with E-state index in [9.17, 15) is 14.0 Å². The summed E-state index contributed by atoms with van der Waals surface area (Å²) in [4.78, 5) is 26.4. The summed E-state index contributed by atoms with van der Waals surface area (Å²) in [5.41, 5.74) is 5.44. The number of hydrogen-bond donors (Lipinski definition) is 1. The number of urea groups is 1. The Morgan fingerprint density at radius 2 is 1.77 bits per heavy atom. The Hall–Kier alpha value is -3.67. The summed E-state index contributed by atoms with van der Waals surface area (Å²) in [5.74, 6) is -0.679. The Morgan fingerprint density at radius 1 is 1.00 bits per heavy atom. The van der Waals surface area contributed by atoms with Crippen molar-refractivity contribution in [1.82, 2.24) is 14.8 Å². The molecule has 0 aliphatic carbocycles. The zero-order valence-electron chi connectivity index (χ0n) is 17.1. The van der Waals surface area contributed by atoms with Crippen LogP contribution >= 0.6 is 0 Å². The average molecular weight is 403 g/mol. The highest BCUT2D eigenvalue weighted by Gasteiger charge is 2.33. The number of amides is 3. The first-order chi connectivity index (χ1) is 14.3. The molecule has 0 bridgehead atoms. The molecule has 1 aliphatic rings. The molecule has 2 heterocycles. The maximum Gasteiger partial charge on any atom is 0.329 e. The topological polar surface area (TPSA) is 54.3 Å². The lowest BCUT2D eigenvalue weighted by Gasteiger charge is -2.12. The van der Waals surface area contributed by atoms with Gasteiger partial charge in [0.2, 0.25) is 0 Å². The monoisotopic (exact) mass is 403 g/mol. The lowest BCUT2D eigenvalue weighted by atomic mass is 10.1. The van der Waals surface area contributed by atoms with Gasteiger partial charge in [0.05, 0.1) is 6.54 Å². The van der Waals surface area contributed by atoms with Gasteiger partial charge in [-0.15, -0.1) is 0 Å². The van der Waals surface area contributed by atoms with Crippen LogP contribution in [0.4, 0.5) is 9.18 Å². The summed E-state index contributed by atoms with van der Waals surface area (Å²) < 4.78 is 15.6. The number of hydrogen-bond acceptors (Lipinski definition) is 2. The third-order valence-electron chi connectivity index (χ3n) is 5.22. The summed E-state index contributed by atoms with van der Waals surface area (Å²) in [6.07, 6.45) is 1.68. The molecular formula is C24H22FN3O2. The predicted octanol–water partition coefficient (Wildman–Crippen LogP) is 4.63. The van der Waals surface area contributed by atoms with E-state index in [1.807, 2.05) is 61.7 Å². The number of carbonyl (C=O) groups excluding carboxylic acids is 2.